The number of amides is 2. The van der Waals surface area contributed by atoms with E-state index in [2.05, 4.69) is 10.6 Å². The molecule has 0 fully saturated rings. The maximum Gasteiger partial charge on any atom is 0.261 e. The highest BCUT2D eigenvalue weighted by Gasteiger charge is 2.19. The number of benzene rings is 3. The van der Waals surface area contributed by atoms with E-state index in [1.807, 2.05) is 42.5 Å². The number of carbonyl (C=O) groups is 2. The summed E-state index contributed by atoms with van der Waals surface area (Å²) in [6, 6.07) is 23.4. The molecular weight excluding hydrogens is 380 g/mol. The van der Waals surface area contributed by atoms with Crippen molar-refractivity contribution in [3.05, 3.63) is 90.0 Å². The lowest BCUT2D eigenvalue weighted by Crippen LogP contribution is -2.36. The lowest BCUT2D eigenvalue weighted by molar-refractivity contribution is -0.127. The highest BCUT2D eigenvalue weighted by atomic mass is 16.5. The van der Waals surface area contributed by atoms with Crippen LogP contribution >= 0.6 is 0 Å². The van der Waals surface area contributed by atoms with Crippen molar-refractivity contribution < 1.29 is 19.1 Å². The third-order valence-electron chi connectivity index (χ3n) is 4.46. The minimum atomic E-state index is -0.770. The number of hydrogen-bond donors (Lipinski definition) is 2. The summed E-state index contributed by atoms with van der Waals surface area (Å²) in [5.74, 6) is 0.525. The van der Waals surface area contributed by atoms with Crippen LogP contribution in [0.5, 0.6) is 11.5 Å². The first-order chi connectivity index (χ1) is 14.6. The van der Waals surface area contributed by atoms with Gasteiger partial charge in [-0.15, -0.1) is 0 Å². The third-order valence-corrected chi connectivity index (χ3v) is 4.46. The Bertz CT molecular complexity index is 988. The second-order valence-electron chi connectivity index (χ2n) is 6.64. The van der Waals surface area contributed by atoms with Crippen molar-refractivity contribution in [2.45, 2.75) is 19.6 Å². The number of ether oxygens (including phenoxy) is 2. The molecule has 30 heavy (non-hydrogen) atoms. The molecule has 154 valence electrons. The van der Waals surface area contributed by atoms with E-state index in [9.17, 15) is 9.59 Å². The molecule has 6 heteroatoms. The number of nitrogens with one attached hydrogen (secondary N) is 2. The molecule has 2 N–H and O–H groups in total. The van der Waals surface area contributed by atoms with Crippen molar-refractivity contribution in [1.29, 1.82) is 0 Å². The molecule has 0 aliphatic heterocycles. The zero-order valence-corrected chi connectivity index (χ0v) is 16.9. The number of anilines is 1. The van der Waals surface area contributed by atoms with E-state index >= 15 is 0 Å². The number of rotatable bonds is 8. The number of carbonyl (C=O) groups excluding carboxylic acids is 2. The highest BCUT2D eigenvalue weighted by molar-refractivity contribution is 6.06. The fraction of sp³-hybridized carbons (Fsp3) is 0.167. The number of para-hydroxylation sites is 2. The molecule has 0 heterocycles. The van der Waals surface area contributed by atoms with Gasteiger partial charge in [0.2, 0.25) is 0 Å². The van der Waals surface area contributed by atoms with E-state index in [4.69, 9.17) is 9.47 Å². The number of hydrogen-bond acceptors (Lipinski definition) is 4. The van der Waals surface area contributed by atoms with Crippen molar-refractivity contribution in [2.24, 2.45) is 0 Å². The zero-order valence-electron chi connectivity index (χ0n) is 16.9. The van der Waals surface area contributed by atoms with Crippen LogP contribution in [-0.2, 0) is 11.3 Å². The number of methoxy groups -OCH3 is 1. The molecule has 2 amide bonds. The van der Waals surface area contributed by atoms with Gasteiger partial charge in [-0.1, -0.05) is 42.5 Å². The molecule has 1 atom stereocenters. The molecule has 0 aliphatic rings. The normalized spacial score (nSPS) is 11.3. The Morgan fingerprint density at radius 3 is 2.27 bits per heavy atom. The Hall–Kier alpha value is -3.80. The van der Waals surface area contributed by atoms with Gasteiger partial charge >= 0.3 is 0 Å². The van der Waals surface area contributed by atoms with Gasteiger partial charge in [0.25, 0.3) is 11.8 Å². The first-order valence-electron chi connectivity index (χ1n) is 9.59. The van der Waals surface area contributed by atoms with Crippen LogP contribution in [0.2, 0.25) is 0 Å². The predicted molar refractivity (Wildman–Crippen MR) is 116 cm³/mol. The third kappa shape index (κ3) is 5.61. The molecular formula is C24H24N2O4. The Kier molecular flexibility index (Phi) is 7.05. The van der Waals surface area contributed by atoms with E-state index in [1.165, 1.54) is 0 Å². The van der Waals surface area contributed by atoms with Crippen LogP contribution in [-0.4, -0.2) is 25.0 Å². The molecule has 0 spiro atoms. The van der Waals surface area contributed by atoms with Crippen molar-refractivity contribution in [3.63, 3.8) is 0 Å². The summed E-state index contributed by atoms with van der Waals surface area (Å²) in [4.78, 5) is 25.1. The Morgan fingerprint density at radius 1 is 0.900 bits per heavy atom. The molecule has 0 saturated carbocycles. The van der Waals surface area contributed by atoms with E-state index < -0.39 is 6.10 Å². The summed E-state index contributed by atoms with van der Waals surface area (Å²) in [5.41, 5.74) is 1.98. The topological polar surface area (TPSA) is 76.7 Å². The fourth-order valence-corrected chi connectivity index (χ4v) is 2.80. The minimum absolute atomic E-state index is 0.274. The van der Waals surface area contributed by atoms with Crippen LogP contribution in [0.25, 0.3) is 0 Å². The van der Waals surface area contributed by atoms with Gasteiger partial charge in [0.1, 0.15) is 11.5 Å². The van der Waals surface area contributed by atoms with Gasteiger partial charge in [-0.25, -0.2) is 0 Å². The van der Waals surface area contributed by atoms with Crippen molar-refractivity contribution in [1.82, 2.24) is 5.32 Å². The van der Waals surface area contributed by atoms with Crippen LogP contribution in [0, 0.1) is 0 Å². The molecule has 0 aliphatic carbocycles. The molecule has 0 saturated heterocycles. The molecule has 0 bridgehead atoms. The van der Waals surface area contributed by atoms with Gasteiger partial charge in [0, 0.05) is 12.2 Å². The highest BCUT2D eigenvalue weighted by Crippen LogP contribution is 2.21. The SMILES string of the molecule is COc1ccc(CNC(=O)[C@@H](C)Oc2ccccc2C(=O)Nc2ccccc2)cc1. The quantitative estimate of drug-likeness (QED) is 0.594. The van der Waals surface area contributed by atoms with E-state index in [1.54, 1.807) is 50.4 Å². The summed E-state index contributed by atoms with van der Waals surface area (Å²) in [6.45, 7) is 2.02. The van der Waals surface area contributed by atoms with Gasteiger partial charge in [-0.2, -0.15) is 0 Å². The van der Waals surface area contributed by atoms with E-state index in [0.717, 1.165) is 11.3 Å². The van der Waals surface area contributed by atoms with Crippen LogP contribution < -0.4 is 20.1 Å². The maximum absolute atomic E-state index is 12.6. The maximum atomic E-state index is 12.6. The summed E-state index contributed by atoms with van der Waals surface area (Å²) in [7, 11) is 1.60. The van der Waals surface area contributed by atoms with E-state index in [0.29, 0.717) is 23.5 Å². The Morgan fingerprint density at radius 2 is 1.57 bits per heavy atom. The second kappa shape index (κ2) is 10.1. The summed E-state index contributed by atoms with van der Waals surface area (Å²) < 4.78 is 10.9. The summed E-state index contributed by atoms with van der Waals surface area (Å²) >= 11 is 0. The Balaban J connectivity index is 1.60. The average molecular weight is 404 g/mol. The molecule has 3 aromatic carbocycles. The first-order valence-corrected chi connectivity index (χ1v) is 9.59. The van der Waals surface area contributed by atoms with Crippen LogP contribution in [0.15, 0.2) is 78.9 Å². The molecule has 3 rings (SSSR count). The fourth-order valence-electron chi connectivity index (χ4n) is 2.80. The molecule has 6 nitrogen and oxygen atoms in total. The Labute approximate surface area is 175 Å². The van der Waals surface area contributed by atoms with Crippen LogP contribution in [0.3, 0.4) is 0 Å². The lowest BCUT2D eigenvalue weighted by Gasteiger charge is -2.17. The first kappa shape index (κ1) is 20.9. The lowest BCUT2D eigenvalue weighted by atomic mass is 10.1. The largest absolute Gasteiger partial charge is 0.497 e. The second-order valence-corrected chi connectivity index (χ2v) is 6.64. The van der Waals surface area contributed by atoms with Gasteiger partial charge in [0.05, 0.1) is 12.7 Å². The smallest absolute Gasteiger partial charge is 0.261 e. The minimum Gasteiger partial charge on any atom is -0.497 e. The standard InChI is InChI=1S/C24H24N2O4/c1-17(23(27)25-16-18-12-14-20(29-2)15-13-18)30-22-11-7-6-10-21(22)24(28)26-19-8-4-3-5-9-19/h3-15,17H,16H2,1-2H3,(H,25,27)(H,26,28)/t17-/m1/s1. The van der Waals surface area contributed by atoms with Gasteiger partial charge in [-0.05, 0) is 48.9 Å². The zero-order chi connectivity index (χ0) is 21.3. The van der Waals surface area contributed by atoms with Gasteiger partial charge < -0.3 is 20.1 Å². The monoisotopic (exact) mass is 404 g/mol. The average Bonchev–Trinajstić information content (AvgIpc) is 2.78. The van der Waals surface area contributed by atoms with Gasteiger partial charge in [0.15, 0.2) is 6.10 Å². The van der Waals surface area contributed by atoms with Crippen LogP contribution in [0.4, 0.5) is 5.69 Å². The molecule has 0 aromatic heterocycles. The van der Waals surface area contributed by atoms with Crippen molar-refractivity contribution in [3.8, 4) is 11.5 Å². The van der Waals surface area contributed by atoms with Gasteiger partial charge in [-0.3, -0.25) is 9.59 Å². The molecule has 3 aromatic rings. The van der Waals surface area contributed by atoms with E-state index in [-0.39, 0.29) is 11.8 Å². The molecule has 0 unspecified atom stereocenters. The summed E-state index contributed by atoms with van der Waals surface area (Å²) in [5, 5.41) is 5.67. The van der Waals surface area contributed by atoms with Crippen LogP contribution in [0.1, 0.15) is 22.8 Å². The summed E-state index contributed by atoms with van der Waals surface area (Å²) in [6.07, 6.45) is -0.770. The van der Waals surface area contributed by atoms with Crippen molar-refractivity contribution >= 4 is 17.5 Å². The predicted octanol–water partition coefficient (Wildman–Crippen LogP) is 4.03. The van der Waals surface area contributed by atoms with Crippen molar-refractivity contribution in [2.75, 3.05) is 12.4 Å². The molecule has 0 radical (unpaired) electrons.